The lowest BCUT2D eigenvalue weighted by atomic mass is 9.86. The predicted molar refractivity (Wildman–Crippen MR) is 163 cm³/mol. The van der Waals surface area contributed by atoms with Crippen LogP contribution in [-0.2, 0) is 33.3 Å². The van der Waals surface area contributed by atoms with E-state index < -0.39 is 28.7 Å². The molecular weight excluding hydrogens is 596 g/mol. The molecule has 0 fully saturated rings. The normalized spacial score (nSPS) is 13.0. The highest BCUT2D eigenvalue weighted by Crippen LogP contribution is 2.28. The molecule has 0 saturated heterocycles. The first-order chi connectivity index (χ1) is 19.8. The van der Waals surface area contributed by atoms with E-state index >= 15 is 0 Å². The van der Waals surface area contributed by atoms with E-state index in [0.717, 1.165) is 0 Å². The van der Waals surface area contributed by atoms with E-state index in [1.165, 1.54) is 35.3 Å². The zero-order valence-electron chi connectivity index (χ0n) is 24.5. The minimum atomic E-state index is -0.825. The molecule has 0 aromatic carbocycles. The topological polar surface area (TPSA) is 169 Å². The Hall–Kier alpha value is -0.740. The van der Waals surface area contributed by atoms with Crippen LogP contribution in [0.5, 0.6) is 0 Å². The van der Waals surface area contributed by atoms with Crippen LogP contribution in [0, 0.1) is 10.8 Å². The smallest absolute Gasteiger partial charge is 0.306 e. The van der Waals surface area contributed by atoms with Crippen LogP contribution >= 0.6 is 35.3 Å². The van der Waals surface area contributed by atoms with Crippen LogP contribution in [-0.4, -0.2) is 132 Å². The molecule has 0 aliphatic heterocycles. The zero-order valence-corrected chi connectivity index (χ0v) is 27.0. The Morgan fingerprint density at radius 3 is 1.20 bits per heavy atom. The Morgan fingerprint density at radius 2 is 0.878 bits per heavy atom. The van der Waals surface area contributed by atoms with Crippen LogP contribution in [0.4, 0.5) is 0 Å². The Labute approximate surface area is 257 Å². The molecule has 1 unspecified atom stereocenters. The van der Waals surface area contributed by atoms with Gasteiger partial charge in [0, 0.05) is 34.5 Å². The molecule has 4 N–H and O–H groups in total. The second kappa shape index (κ2) is 25.7. The van der Waals surface area contributed by atoms with Gasteiger partial charge in [-0.2, -0.15) is 35.3 Å². The molecule has 0 aliphatic rings. The van der Waals surface area contributed by atoms with Crippen molar-refractivity contribution in [3.63, 3.8) is 0 Å². The maximum atomic E-state index is 12.3. The molecule has 1 atom stereocenters. The summed E-state index contributed by atoms with van der Waals surface area (Å²) in [4.78, 5) is 36.8. The van der Waals surface area contributed by atoms with E-state index in [1.54, 1.807) is 0 Å². The van der Waals surface area contributed by atoms with E-state index in [0.29, 0.717) is 47.4 Å². The summed E-state index contributed by atoms with van der Waals surface area (Å²) in [6.07, 6.45) is 1.52. The highest BCUT2D eigenvalue weighted by molar-refractivity contribution is 7.99. The van der Waals surface area contributed by atoms with Crippen molar-refractivity contribution in [3.8, 4) is 0 Å². The van der Waals surface area contributed by atoms with Gasteiger partial charge in [0.05, 0.1) is 69.7 Å². The number of carbonyl (C=O) groups is 3. The second-order valence-electron chi connectivity index (χ2n) is 9.60. The molecule has 0 spiro atoms. The van der Waals surface area contributed by atoms with Gasteiger partial charge in [-0.3, -0.25) is 14.4 Å². The molecule has 41 heavy (non-hydrogen) atoms. The third-order valence-electron chi connectivity index (χ3n) is 6.33. The van der Waals surface area contributed by atoms with Gasteiger partial charge in [0.1, 0.15) is 19.8 Å². The van der Waals surface area contributed by atoms with E-state index in [-0.39, 0.29) is 78.7 Å². The molecular formula is C27H50O11S3. The number of hydrogen-bond acceptors (Lipinski definition) is 14. The predicted octanol–water partition coefficient (Wildman–Crippen LogP) is 1.76. The Bertz CT molecular complexity index is 665. The standard InChI is InChI=1S/C27H50O11S3/c1-3-26(17-31,20-36-23(32)5-11-39-14-8-28)18-35-19-27(4-2,21-37-24(33)6-12-40-15-9-29)22-38-25(34)7-13-41-16-10-30/h28-31H,3-22H2,1-2H3. The molecule has 14 heteroatoms. The SMILES string of the molecule is CCC(CO)(COCC(CC)(COC(=O)CCSCCO)COC(=O)CCSCCO)COC(=O)CCSCCO. The molecule has 0 aliphatic carbocycles. The average Bonchev–Trinajstić information content (AvgIpc) is 2.98. The fraction of sp³-hybridized carbons (Fsp3) is 0.889. The number of hydrogen-bond donors (Lipinski definition) is 4. The largest absolute Gasteiger partial charge is 0.465 e. The minimum Gasteiger partial charge on any atom is -0.465 e. The summed E-state index contributed by atoms with van der Waals surface area (Å²) in [6, 6.07) is 0. The first-order valence-corrected chi connectivity index (χ1v) is 17.4. The number of thioether (sulfide) groups is 3. The lowest BCUT2D eigenvalue weighted by molar-refractivity contribution is -0.160. The van der Waals surface area contributed by atoms with Crippen LogP contribution in [0.15, 0.2) is 0 Å². The maximum absolute atomic E-state index is 12.3. The van der Waals surface area contributed by atoms with Crippen molar-refractivity contribution < 1.29 is 53.8 Å². The van der Waals surface area contributed by atoms with Crippen molar-refractivity contribution in [2.24, 2.45) is 10.8 Å². The fourth-order valence-electron chi connectivity index (χ4n) is 3.25. The summed E-state index contributed by atoms with van der Waals surface area (Å²) in [5.74, 6) is 2.00. The first-order valence-electron chi connectivity index (χ1n) is 14.0. The van der Waals surface area contributed by atoms with Crippen molar-refractivity contribution in [2.45, 2.75) is 46.0 Å². The summed E-state index contributed by atoms with van der Waals surface area (Å²) in [5.41, 5.74) is -1.65. The molecule has 0 saturated carbocycles. The van der Waals surface area contributed by atoms with Crippen molar-refractivity contribution in [1.29, 1.82) is 0 Å². The molecule has 0 bridgehead atoms. The number of esters is 3. The number of carbonyl (C=O) groups excluding carboxylic acids is 3. The highest BCUT2D eigenvalue weighted by atomic mass is 32.2. The van der Waals surface area contributed by atoms with Crippen LogP contribution in [0.25, 0.3) is 0 Å². The first kappa shape index (κ1) is 40.3. The number of rotatable bonds is 28. The number of aliphatic hydroxyl groups excluding tert-OH is 4. The molecule has 0 aromatic heterocycles. The minimum absolute atomic E-state index is 0.0242. The summed E-state index contributed by atoms with van der Waals surface area (Å²) in [7, 11) is 0. The lowest BCUT2D eigenvalue weighted by Crippen LogP contribution is -2.42. The van der Waals surface area contributed by atoms with Crippen LogP contribution in [0.3, 0.4) is 0 Å². The van der Waals surface area contributed by atoms with Crippen molar-refractivity contribution >= 4 is 53.2 Å². The third kappa shape index (κ3) is 20.0. The second-order valence-corrected chi connectivity index (χ2v) is 13.3. The fourth-order valence-corrected chi connectivity index (χ4v) is 5.18. The molecule has 11 nitrogen and oxygen atoms in total. The van der Waals surface area contributed by atoms with Crippen LogP contribution in [0.1, 0.15) is 46.0 Å². The van der Waals surface area contributed by atoms with Crippen molar-refractivity contribution in [1.82, 2.24) is 0 Å². The maximum Gasteiger partial charge on any atom is 0.306 e. The van der Waals surface area contributed by atoms with E-state index in [2.05, 4.69) is 0 Å². The van der Waals surface area contributed by atoms with Gasteiger partial charge in [-0.15, -0.1) is 0 Å². The van der Waals surface area contributed by atoms with Gasteiger partial charge < -0.3 is 39.4 Å². The summed E-state index contributed by atoms with van der Waals surface area (Å²) in [6.45, 7) is 3.68. The molecule has 242 valence electrons. The molecule has 0 radical (unpaired) electrons. The zero-order chi connectivity index (χ0) is 30.8. The van der Waals surface area contributed by atoms with Crippen molar-refractivity contribution in [3.05, 3.63) is 0 Å². The summed E-state index contributed by atoms with van der Waals surface area (Å²) >= 11 is 4.35. The van der Waals surface area contributed by atoms with E-state index in [1.807, 2.05) is 13.8 Å². The van der Waals surface area contributed by atoms with Gasteiger partial charge in [-0.1, -0.05) is 13.8 Å². The quantitative estimate of drug-likeness (QED) is 0.0551. The van der Waals surface area contributed by atoms with Crippen molar-refractivity contribution in [2.75, 3.05) is 94.0 Å². The summed E-state index contributed by atoms with van der Waals surface area (Å²) in [5, 5.41) is 36.8. The van der Waals surface area contributed by atoms with E-state index in [9.17, 15) is 19.5 Å². The monoisotopic (exact) mass is 646 g/mol. The number of ether oxygens (including phenoxy) is 4. The van der Waals surface area contributed by atoms with Gasteiger partial charge in [-0.05, 0) is 12.8 Å². The van der Waals surface area contributed by atoms with E-state index in [4.69, 9.17) is 34.3 Å². The average molecular weight is 647 g/mol. The number of aliphatic hydroxyl groups is 4. The van der Waals surface area contributed by atoms with Gasteiger partial charge in [-0.25, -0.2) is 0 Å². The third-order valence-corrected chi connectivity index (χ3v) is 9.22. The van der Waals surface area contributed by atoms with Gasteiger partial charge in [0.15, 0.2) is 0 Å². The van der Waals surface area contributed by atoms with Crippen LogP contribution in [0.2, 0.25) is 0 Å². The Morgan fingerprint density at radius 1 is 0.537 bits per heavy atom. The summed E-state index contributed by atoms with van der Waals surface area (Å²) < 4.78 is 22.5. The molecule has 0 heterocycles. The molecule has 0 amide bonds. The molecule has 0 aromatic rings. The Kier molecular flexibility index (Phi) is 25.3. The Balaban J connectivity index is 5.18. The lowest BCUT2D eigenvalue weighted by Gasteiger charge is -2.35. The highest BCUT2D eigenvalue weighted by Gasteiger charge is 2.36. The van der Waals surface area contributed by atoms with Gasteiger partial charge in [0.25, 0.3) is 0 Å². The van der Waals surface area contributed by atoms with Gasteiger partial charge >= 0.3 is 17.9 Å². The van der Waals surface area contributed by atoms with Crippen LogP contribution < -0.4 is 0 Å². The van der Waals surface area contributed by atoms with Gasteiger partial charge in [0.2, 0.25) is 0 Å². The molecule has 0 rings (SSSR count).